The van der Waals surface area contributed by atoms with Crippen molar-refractivity contribution in [3.63, 3.8) is 0 Å². The van der Waals surface area contributed by atoms with E-state index in [1.807, 2.05) is 52.0 Å². The first-order valence-corrected chi connectivity index (χ1v) is 14.9. The molecule has 1 N–H and O–H groups in total. The summed E-state index contributed by atoms with van der Waals surface area (Å²) in [6.07, 6.45) is 1.29. The number of esters is 1. The normalized spacial score (nSPS) is 14.7. The van der Waals surface area contributed by atoms with E-state index in [1.165, 1.54) is 0 Å². The summed E-state index contributed by atoms with van der Waals surface area (Å²) in [4.78, 5) is 13.3. The molecule has 0 aliphatic carbocycles. The lowest BCUT2D eigenvalue weighted by Gasteiger charge is -2.36. The fraction of sp³-hybridized carbons (Fsp3) is 0.625. The van der Waals surface area contributed by atoms with Gasteiger partial charge in [-0.15, -0.1) is 0 Å². The Morgan fingerprint density at radius 2 is 1.68 bits per heavy atom. The second-order valence-electron chi connectivity index (χ2n) is 10.5. The predicted molar refractivity (Wildman–Crippen MR) is 132 cm³/mol. The van der Waals surface area contributed by atoms with Gasteiger partial charge in [0.05, 0.1) is 10.9 Å². The van der Waals surface area contributed by atoms with Crippen LogP contribution in [0.3, 0.4) is 0 Å². The molecule has 1 aromatic carbocycles. The third-order valence-electron chi connectivity index (χ3n) is 5.47. The van der Waals surface area contributed by atoms with Crippen LogP contribution in [0.15, 0.2) is 41.3 Å². The number of benzene rings is 1. The zero-order valence-corrected chi connectivity index (χ0v) is 22.6. The average Bonchev–Trinajstić information content (AvgIpc) is 2.61. The maximum Gasteiger partial charge on any atom is 0.335 e. The van der Waals surface area contributed by atoms with E-state index in [-0.39, 0.29) is 10.6 Å². The van der Waals surface area contributed by atoms with Crippen molar-refractivity contribution in [1.29, 1.82) is 0 Å². The molecule has 31 heavy (non-hydrogen) atoms. The molecular formula is C24H41NO4SSi. The van der Waals surface area contributed by atoms with E-state index in [0.717, 1.165) is 12.0 Å². The predicted octanol–water partition coefficient (Wildman–Crippen LogP) is 5.68. The Labute approximate surface area is 192 Å². The van der Waals surface area contributed by atoms with E-state index in [2.05, 4.69) is 45.2 Å². The minimum atomic E-state index is -1.84. The maximum atomic E-state index is 12.9. The summed E-state index contributed by atoms with van der Waals surface area (Å²) < 4.78 is 27.7. The Morgan fingerprint density at radius 3 is 2.16 bits per heavy atom. The van der Waals surface area contributed by atoms with Gasteiger partial charge in [-0.05, 0) is 70.8 Å². The first-order valence-electron chi connectivity index (χ1n) is 10.8. The second-order valence-corrected chi connectivity index (χ2v) is 16.6. The number of hydrogen-bond acceptors (Lipinski definition) is 4. The van der Waals surface area contributed by atoms with Crippen LogP contribution in [-0.4, -0.2) is 36.7 Å². The van der Waals surface area contributed by atoms with Crippen LogP contribution < -0.4 is 4.72 Å². The van der Waals surface area contributed by atoms with Crippen LogP contribution in [0.1, 0.15) is 59.9 Å². The topological polar surface area (TPSA) is 64.6 Å². The van der Waals surface area contributed by atoms with Crippen LogP contribution in [0.4, 0.5) is 0 Å². The molecule has 1 rings (SSSR count). The Balaban J connectivity index is 2.87. The van der Waals surface area contributed by atoms with E-state index in [1.54, 1.807) is 0 Å². The van der Waals surface area contributed by atoms with Gasteiger partial charge in [-0.2, -0.15) is 0 Å². The number of hydrogen-bond donors (Lipinski definition) is 1. The first-order chi connectivity index (χ1) is 14.0. The Morgan fingerprint density at radius 1 is 1.13 bits per heavy atom. The SMILES string of the molecule is C=C(C(=O)OC(C)(C)C)[C@H](CCCO[Si](C)(C)C(C)(C)C)N[S@@](=O)c1ccc(C)cc1. The molecule has 0 spiro atoms. The van der Waals surface area contributed by atoms with E-state index in [0.29, 0.717) is 17.9 Å². The average molecular weight is 468 g/mol. The summed E-state index contributed by atoms with van der Waals surface area (Å²) in [5.74, 6) is -0.476. The Bertz CT molecular complexity index is 776. The molecule has 1 aromatic rings. The third kappa shape index (κ3) is 9.39. The molecule has 0 aromatic heterocycles. The summed E-state index contributed by atoms with van der Waals surface area (Å²) in [6, 6.07) is 7.01. The minimum Gasteiger partial charge on any atom is -0.457 e. The highest BCUT2D eigenvalue weighted by Crippen LogP contribution is 2.36. The summed E-state index contributed by atoms with van der Waals surface area (Å²) in [7, 11) is -3.31. The summed E-state index contributed by atoms with van der Waals surface area (Å²) >= 11 is 0. The Kier molecular flexibility index (Phi) is 9.88. The van der Waals surface area contributed by atoms with Gasteiger partial charge in [0.1, 0.15) is 16.6 Å². The molecule has 0 radical (unpaired) electrons. The second kappa shape index (κ2) is 11.0. The van der Waals surface area contributed by atoms with Gasteiger partial charge in [0.2, 0.25) is 0 Å². The lowest BCUT2D eigenvalue weighted by molar-refractivity contribution is -0.150. The van der Waals surface area contributed by atoms with Crippen LogP contribution in [0, 0.1) is 6.92 Å². The van der Waals surface area contributed by atoms with E-state index < -0.39 is 36.9 Å². The van der Waals surface area contributed by atoms with E-state index in [4.69, 9.17) is 9.16 Å². The fourth-order valence-corrected chi connectivity index (χ4v) is 4.61. The van der Waals surface area contributed by atoms with Crippen molar-refractivity contribution in [2.45, 2.75) is 96.0 Å². The summed E-state index contributed by atoms with van der Waals surface area (Å²) in [6.45, 7) is 23.0. The maximum absolute atomic E-state index is 12.9. The highest BCUT2D eigenvalue weighted by atomic mass is 32.2. The molecule has 0 saturated carbocycles. The molecule has 0 fully saturated rings. The van der Waals surface area contributed by atoms with Gasteiger partial charge in [-0.3, -0.25) is 0 Å². The molecule has 0 aliphatic heterocycles. The van der Waals surface area contributed by atoms with Crippen molar-refractivity contribution in [1.82, 2.24) is 4.72 Å². The first kappa shape index (κ1) is 27.8. The van der Waals surface area contributed by atoms with Crippen molar-refractivity contribution < 1.29 is 18.2 Å². The van der Waals surface area contributed by atoms with Crippen molar-refractivity contribution in [3.05, 3.63) is 42.0 Å². The Hall–Kier alpha value is -1.28. The van der Waals surface area contributed by atoms with Crippen molar-refractivity contribution in [3.8, 4) is 0 Å². The molecule has 5 nitrogen and oxygen atoms in total. The molecule has 0 unspecified atom stereocenters. The smallest absolute Gasteiger partial charge is 0.335 e. The van der Waals surface area contributed by atoms with Crippen LogP contribution in [0.2, 0.25) is 18.1 Å². The standard InChI is InChI=1S/C24H41NO4SSi/c1-18-13-15-20(16-14-18)30(27)25-21(19(2)22(26)29-23(3,4)5)12-11-17-28-31(9,10)24(6,7)8/h13-16,21,25H,2,11-12,17H2,1,3-10H3/t21-,30-/m0/s1. The van der Waals surface area contributed by atoms with Gasteiger partial charge in [-0.25, -0.2) is 13.7 Å². The van der Waals surface area contributed by atoms with Crippen molar-refractivity contribution in [2.75, 3.05) is 6.61 Å². The lowest BCUT2D eigenvalue weighted by Crippen LogP contribution is -2.41. The minimum absolute atomic E-state index is 0.137. The number of nitrogens with one attached hydrogen (secondary N) is 1. The number of rotatable bonds is 10. The van der Waals surface area contributed by atoms with Gasteiger partial charge in [0.25, 0.3) is 0 Å². The quantitative estimate of drug-likeness (QED) is 0.208. The molecule has 0 amide bonds. The fourth-order valence-electron chi connectivity index (χ4n) is 2.48. The monoisotopic (exact) mass is 467 g/mol. The van der Waals surface area contributed by atoms with Crippen LogP contribution in [0.5, 0.6) is 0 Å². The summed E-state index contributed by atoms with van der Waals surface area (Å²) in [5.41, 5.74) is 0.757. The molecule has 7 heteroatoms. The van der Waals surface area contributed by atoms with Crippen molar-refractivity contribution >= 4 is 25.3 Å². The third-order valence-corrected chi connectivity index (χ3v) is 11.2. The van der Waals surface area contributed by atoms with Crippen LogP contribution >= 0.6 is 0 Å². The van der Waals surface area contributed by atoms with E-state index in [9.17, 15) is 9.00 Å². The molecular weight excluding hydrogens is 426 g/mol. The zero-order valence-electron chi connectivity index (χ0n) is 20.8. The van der Waals surface area contributed by atoms with E-state index >= 15 is 0 Å². The lowest BCUT2D eigenvalue weighted by atomic mass is 10.0. The molecule has 176 valence electrons. The summed E-state index contributed by atoms with van der Waals surface area (Å²) in [5, 5.41) is 0.137. The molecule has 0 bridgehead atoms. The number of carbonyl (C=O) groups is 1. The van der Waals surface area contributed by atoms with Gasteiger partial charge in [0, 0.05) is 12.2 Å². The van der Waals surface area contributed by atoms with Gasteiger partial charge >= 0.3 is 5.97 Å². The number of carbonyl (C=O) groups excluding carboxylic acids is 1. The molecule has 0 aliphatic rings. The molecule has 0 heterocycles. The van der Waals surface area contributed by atoms with Gasteiger partial charge < -0.3 is 9.16 Å². The van der Waals surface area contributed by atoms with Crippen LogP contribution in [0.25, 0.3) is 0 Å². The molecule has 2 atom stereocenters. The number of aryl methyl sites for hydroxylation is 1. The molecule has 0 saturated heterocycles. The van der Waals surface area contributed by atoms with Crippen molar-refractivity contribution in [2.24, 2.45) is 0 Å². The van der Waals surface area contributed by atoms with Crippen LogP contribution in [-0.2, 0) is 24.9 Å². The zero-order chi connectivity index (χ0) is 24.0. The highest BCUT2D eigenvalue weighted by Gasteiger charge is 2.37. The van der Waals surface area contributed by atoms with Gasteiger partial charge in [-0.1, -0.05) is 45.0 Å². The largest absolute Gasteiger partial charge is 0.457 e. The van der Waals surface area contributed by atoms with Gasteiger partial charge in [0.15, 0.2) is 8.32 Å². The highest BCUT2D eigenvalue weighted by molar-refractivity contribution is 7.83. The number of ether oxygens (including phenoxy) is 1.